The standard InChI is InChI=1S/C18H19N3O6/c1-24-14-7-12(8-15(9-14)25-2)18(23)27-21-17(20)11-3-5-13(6-4-11)26-10-16(19)22/h3-9H,10H2,1-2H3,(H2,19,22)(H2,20,21). The van der Waals surface area contributed by atoms with Crippen LogP contribution >= 0.6 is 0 Å². The Balaban J connectivity index is 2.06. The quantitative estimate of drug-likeness (QED) is 0.305. The van der Waals surface area contributed by atoms with Crippen molar-refractivity contribution in [3.63, 3.8) is 0 Å². The van der Waals surface area contributed by atoms with Gasteiger partial charge in [0, 0.05) is 11.6 Å². The molecule has 27 heavy (non-hydrogen) atoms. The van der Waals surface area contributed by atoms with E-state index < -0.39 is 11.9 Å². The molecule has 0 aliphatic carbocycles. The number of amidine groups is 1. The van der Waals surface area contributed by atoms with Gasteiger partial charge in [0.15, 0.2) is 12.4 Å². The van der Waals surface area contributed by atoms with Crippen LogP contribution in [0.1, 0.15) is 15.9 Å². The first kappa shape index (κ1) is 19.6. The highest BCUT2D eigenvalue weighted by atomic mass is 16.7. The molecule has 0 fully saturated rings. The van der Waals surface area contributed by atoms with E-state index in [9.17, 15) is 9.59 Å². The third kappa shape index (κ3) is 5.63. The lowest BCUT2D eigenvalue weighted by Gasteiger charge is -2.07. The molecule has 0 aliphatic rings. The summed E-state index contributed by atoms with van der Waals surface area (Å²) in [5, 5.41) is 3.63. The fraction of sp³-hybridized carbons (Fsp3) is 0.167. The second-order valence-corrected chi connectivity index (χ2v) is 5.24. The van der Waals surface area contributed by atoms with Gasteiger partial charge < -0.3 is 30.5 Å². The number of oxime groups is 1. The number of carbonyl (C=O) groups excluding carboxylic acids is 2. The molecule has 0 spiro atoms. The Labute approximate surface area is 155 Å². The van der Waals surface area contributed by atoms with E-state index in [-0.39, 0.29) is 18.0 Å². The van der Waals surface area contributed by atoms with Gasteiger partial charge in [-0.1, -0.05) is 5.16 Å². The first-order chi connectivity index (χ1) is 12.9. The number of carbonyl (C=O) groups is 2. The lowest BCUT2D eigenvalue weighted by molar-refractivity contribution is -0.119. The van der Waals surface area contributed by atoms with Crippen molar-refractivity contribution in [3.05, 3.63) is 53.6 Å². The molecule has 0 bridgehead atoms. The highest BCUT2D eigenvalue weighted by Gasteiger charge is 2.12. The van der Waals surface area contributed by atoms with Crippen LogP contribution in [0.3, 0.4) is 0 Å². The van der Waals surface area contributed by atoms with Crippen LogP contribution in [0.4, 0.5) is 0 Å². The van der Waals surface area contributed by atoms with E-state index in [0.29, 0.717) is 22.8 Å². The monoisotopic (exact) mass is 373 g/mol. The fourth-order valence-corrected chi connectivity index (χ4v) is 2.00. The Bertz CT molecular complexity index is 826. The van der Waals surface area contributed by atoms with Crippen LogP contribution in [-0.2, 0) is 9.63 Å². The Morgan fingerprint density at radius 3 is 2.00 bits per heavy atom. The van der Waals surface area contributed by atoms with Crippen molar-refractivity contribution in [2.24, 2.45) is 16.6 Å². The summed E-state index contributed by atoms with van der Waals surface area (Å²) in [7, 11) is 2.94. The predicted octanol–water partition coefficient (Wildman–Crippen LogP) is 1.05. The molecule has 0 radical (unpaired) electrons. The van der Waals surface area contributed by atoms with Gasteiger partial charge in [-0.3, -0.25) is 4.79 Å². The van der Waals surface area contributed by atoms with Crippen molar-refractivity contribution in [1.29, 1.82) is 0 Å². The summed E-state index contributed by atoms with van der Waals surface area (Å²) in [5.74, 6) is -0.0158. The molecule has 4 N–H and O–H groups in total. The second-order valence-electron chi connectivity index (χ2n) is 5.24. The van der Waals surface area contributed by atoms with Crippen LogP contribution in [0, 0.1) is 0 Å². The van der Waals surface area contributed by atoms with Crippen LogP contribution in [0.2, 0.25) is 0 Å². The minimum absolute atomic E-state index is 0.0142. The zero-order valence-electron chi connectivity index (χ0n) is 14.8. The third-order valence-electron chi connectivity index (χ3n) is 3.35. The minimum atomic E-state index is -0.725. The van der Waals surface area contributed by atoms with E-state index in [1.807, 2.05) is 0 Å². The van der Waals surface area contributed by atoms with Gasteiger partial charge in [-0.15, -0.1) is 0 Å². The molecule has 142 valence electrons. The molecule has 0 aliphatic heterocycles. The number of amides is 1. The number of nitrogens with two attached hydrogens (primary N) is 2. The van der Waals surface area contributed by atoms with Crippen molar-refractivity contribution in [2.45, 2.75) is 0 Å². The van der Waals surface area contributed by atoms with E-state index in [0.717, 1.165) is 0 Å². The minimum Gasteiger partial charge on any atom is -0.497 e. The number of benzene rings is 2. The van der Waals surface area contributed by atoms with Gasteiger partial charge in [-0.2, -0.15) is 0 Å². The van der Waals surface area contributed by atoms with Crippen LogP contribution in [0.5, 0.6) is 17.2 Å². The van der Waals surface area contributed by atoms with Gasteiger partial charge in [0.2, 0.25) is 0 Å². The maximum Gasteiger partial charge on any atom is 0.366 e. The number of nitrogens with zero attached hydrogens (tertiary/aromatic N) is 1. The number of methoxy groups -OCH3 is 2. The molecular formula is C18H19N3O6. The Morgan fingerprint density at radius 2 is 1.48 bits per heavy atom. The van der Waals surface area contributed by atoms with Gasteiger partial charge in [-0.05, 0) is 36.4 Å². The van der Waals surface area contributed by atoms with Gasteiger partial charge in [0.05, 0.1) is 19.8 Å². The number of primary amides is 1. The smallest absolute Gasteiger partial charge is 0.366 e. The van der Waals surface area contributed by atoms with Crippen LogP contribution in [0.25, 0.3) is 0 Å². The van der Waals surface area contributed by atoms with Crippen molar-refractivity contribution in [3.8, 4) is 17.2 Å². The number of hydrogen-bond donors (Lipinski definition) is 2. The zero-order chi connectivity index (χ0) is 19.8. The first-order valence-electron chi connectivity index (χ1n) is 7.72. The number of hydrogen-bond acceptors (Lipinski definition) is 7. The SMILES string of the molecule is COc1cc(OC)cc(C(=O)O/N=C(\N)c2ccc(OCC(N)=O)cc2)c1. The molecular weight excluding hydrogens is 354 g/mol. The molecule has 0 saturated heterocycles. The highest BCUT2D eigenvalue weighted by Crippen LogP contribution is 2.23. The molecule has 2 rings (SSSR count). The van der Waals surface area contributed by atoms with E-state index >= 15 is 0 Å². The van der Waals surface area contributed by atoms with Gasteiger partial charge >= 0.3 is 5.97 Å². The topological polar surface area (TPSA) is 135 Å². The van der Waals surface area contributed by atoms with Crippen LogP contribution < -0.4 is 25.7 Å². The van der Waals surface area contributed by atoms with E-state index in [1.54, 1.807) is 30.3 Å². The molecule has 9 nitrogen and oxygen atoms in total. The van der Waals surface area contributed by atoms with Crippen molar-refractivity contribution in [2.75, 3.05) is 20.8 Å². The normalized spacial score (nSPS) is 10.8. The average Bonchev–Trinajstić information content (AvgIpc) is 2.69. The van der Waals surface area contributed by atoms with Gasteiger partial charge in [0.1, 0.15) is 17.2 Å². The van der Waals surface area contributed by atoms with Gasteiger partial charge in [-0.25, -0.2) is 4.79 Å². The summed E-state index contributed by atoms with van der Waals surface area (Å²) in [6.45, 7) is -0.232. The Morgan fingerprint density at radius 1 is 0.889 bits per heavy atom. The second kappa shape index (κ2) is 9.09. The molecule has 9 heteroatoms. The molecule has 0 saturated carbocycles. The largest absolute Gasteiger partial charge is 0.497 e. The first-order valence-corrected chi connectivity index (χ1v) is 7.72. The molecule has 0 atom stereocenters. The van der Waals surface area contributed by atoms with Crippen molar-refractivity contribution in [1.82, 2.24) is 0 Å². The summed E-state index contributed by atoms with van der Waals surface area (Å²) in [5.41, 5.74) is 11.5. The maximum atomic E-state index is 12.2. The fourth-order valence-electron chi connectivity index (χ4n) is 2.00. The summed E-state index contributed by atoms with van der Waals surface area (Å²) in [6.07, 6.45) is 0. The van der Waals surface area contributed by atoms with Gasteiger partial charge in [0.25, 0.3) is 5.91 Å². The number of ether oxygens (including phenoxy) is 3. The zero-order valence-corrected chi connectivity index (χ0v) is 14.8. The maximum absolute atomic E-state index is 12.2. The Kier molecular flexibility index (Phi) is 6.59. The molecule has 0 unspecified atom stereocenters. The lowest BCUT2D eigenvalue weighted by Crippen LogP contribution is -2.20. The third-order valence-corrected chi connectivity index (χ3v) is 3.35. The molecule has 0 heterocycles. The summed E-state index contributed by atoms with van der Waals surface area (Å²) in [4.78, 5) is 27.7. The highest BCUT2D eigenvalue weighted by molar-refractivity contribution is 5.98. The Hall–Kier alpha value is -3.75. The van der Waals surface area contributed by atoms with Crippen molar-refractivity contribution < 1.29 is 28.6 Å². The summed E-state index contributed by atoms with van der Waals surface area (Å²) < 4.78 is 15.3. The van der Waals surface area contributed by atoms with E-state index in [4.69, 9.17) is 30.5 Å². The summed E-state index contributed by atoms with van der Waals surface area (Å²) >= 11 is 0. The number of rotatable bonds is 8. The van der Waals surface area contributed by atoms with E-state index in [1.165, 1.54) is 26.4 Å². The summed E-state index contributed by atoms with van der Waals surface area (Å²) in [6, 6.07) is 10.9. The predicted molar refractivity (Wildman–Crippen MR) is 96.8 cm³/mol. The molecule has 1 amide bonds. The van der Waals surface area contributed by atoms with E-state index in [2.05, 4.69) is 5.16 Å². The van der Waals surface area contributed by atoms with Crippen molar-refractivity contribution >= 4 is 17.7 Å². The molecule has 2 aromatic rings. The van der Waals surface area contributed by atoms with Crippen LogP contribution in [0.15, 0.2) is 47.6 Å². The molecule has 2 aromatic carbocycles. The lowest BCUT2D eigenvalue weighted by atomic mass is 10.2. The molecule has 0 aromatic heterocycles. The average molecular weight is 373 g/mol. The van der Waals surface area contributed by atoms with Crippen LogP contribution in [-0.4, -0.2) is 38.5 Å².